The number of benzene rings is 2. The number of halogens is 3. The molecule has 144 valence electrons. The Hall–Kier alpha value is -1.78. The number of fused-ring (bicyclic) bond motifs is 1. The summed E-state index contributed by atoms with van der Waals surface area (Å²) in [6, 6.07) is 8.49. The van der Waals surface area contributed by atoms with Crippen LogP contribution in [0.4, 0.5) is 18.9 Å². The quantitative estimate of drug-likeness (QED) is 0.532. The Bertz CT molecular complexity index is 1080. The third-order valence-corrected chi connectivity index (χ3v) is 6.92. The van der Waals surface area contributed by atoms with Gasteiger partial charge in [0.25, 0.3) is 10.0 Å². The van der Waals surface area contributed by atoms with E-state index in [1.165, 1.54) is 17.4 Å². The molecule has 0 radical (unpaired) electrons. The van der Waals surface area contributed by atoms with Crippen LogP contribution >= 0.6 is 23.1 Å². The highest BCUT2D eigenvalue weighted by atomic mass is 32.2. The third kappa shape index (κ3) is 4.74. The van der Waals surface area contributed by atoms with Gasteiger partial charge in [0.15, 0.2) is 4.34 Å². The molecule has 0 fully saturated rings. The van der Waals surface area contributed by atoms with Gasteiger partial charge in [-0.05, 0) is 36.4 Å². The Morgan fingerprint density at radius 3 is 2.56 bits per heavy atom. The topological polar surface area (TPSA) is 59.1 Å². The molecule has 1 heterocycles. The Labute approximate surface area is 162 Å². The molecule has 3 rings (SSSR count). The van der Waals surface area contributed by atoms with E-state index in [-0.39, 0.29) is 5.69 Å². The van der Waals surface area contributed by atoms with E-state index in [1.807, 2.05) is 13.8 Å². The fourth-order valence-corrected chi connectivity index (χ4v) is 5.70. The Kier molecular flexibility index (Phi) is 5.42. The van der Waals surface area contributed by atoms with Crippen molar-refractivity contribution in [2.45, 2.75) is 34.5 Å². The molecule has 0 saturated heterocycles. The molecule has 0 bridgehead atoms. The number of hydrogen-bond donors (Lipinski definition) is 1. The van der Waals surface area contributed by atoms with Crippen molar-refractivity contribution in [2.75, 3.05) is 4.72 Å². The van der Waals surface area contributed by atoms with Gasteiger partial charge in [-0.2, -0.15) is 13.2 Å². The molecule has 0 amide bonds. The van der Waals surface area contributed by atoms with E-state index in [0.29, 0.717) is 11.3 Å². The number of thioether (sulfide) groups is 1. The second-order valence-corrected chi connectivity index (χ2v) is 10.5. The van der Waals surface area contributed by atoms with Crippen molar-refractivity contribution < 1.29 is 21.6 Å². The van der Waals surface area contributed by atoms with Crippen LogP contribution in [-0.2, 0) is 16.2 Å². The molecular formula is C17H15F3N2O2S3. The lowest BCUT2D eigenvalue weighted by molar-refractivity contribution is -0.137. The average molecular weight is 433 g/mol. The number of anilines is 1. The molecule has 0 atom stereocenters. The van der Waals surface area contributed by atoms with Crippen LogP contribution in [-0.4, -0.2) is 18.7 Å². The van der Waals surface area contributed by atoms with Crippen LogP contribution < -0.4 is 4.72 Å². The molecule has 10 heteroatoms. The van der Waals surface area contributed by atoms with Gasteiger partial charge in [0.1, 0.15) is 0 Å². The average Bonchev–Trinajstić information content (AvgIpc) is 2.94. The van der Waals surface area contributed by atoms with Crippen molar-refractivity contribution in [3.8, 4) is 0 Å². The van der Waals surface area contributed by atoms with Crippen LogP contribution in [0.25, 0.3) is 10.2 Å². The fraction of sp³-hybridized carbons (Fsp3) is 0.235. The standard InChI is InChI=1S/C17H15F3N2O2S3/c1-10(2)25-16-21-14-7-6-12(9-15(14)26-16)22-27(23,24)13-5-3-4-11(8-13)17(18,19)20/h3-10,22H,1-2H3. The number of nitrogens with zero attached hydrogens (tertiary/aromatic N) is 1. The minimum Gasteiger partial charge on any atom is -0.280 e. The first-order valence-electron chi connectivity index (χ1n) is 7.82. The van der Waals surface area contributed by atoms with Gasteiger partial charge in [0, 0.05) is 5.25 Å². The van der Waals surface area contributed by atoms with Crippen LogP contribution in [0.2, 0.25) is 0 Å². The third-order valence-electron chi connectivity index (χ3n) is 3.43. The van der Waals surface area contributed by atoms with E-state index in [4.69, 9.17) is 0 Å². The van der Waals surface area contributed by atoms with Crippen LogP contribution in [0.15, 0.2) is 51.7 Å². The van der Waals surface area contributed by atoms with E-state index in [9.17, 15) is 21.6 Å². The maximum Gasteiger partial charge on any atom is 0.416 e. The molecule has 0 aliphatic rings. The number of sulfonamides is 1. The van der Waals surface area contributed by atoms with Crippen molar-refractivity contribution in [2.24, 2.45) is 0 Å². The van der Waals surface area contributed by atoms with Crippen molar-refractivity contribution in [1.82, 2.24) is 4.98 Å². The fourth-order valence-electron chi connectivity index (χ4n) is 2.27. The molecule has 0 aliphatic carbocycles. The first kappa shape index (κ1) is 20.0. The first-order valence-corrected chi connectivity index (χ1v) is 11.0. The molecule has 0 unspecified atom stereocenters. The summed E-state index contributed by atoms with van der Waals surface area (Å²) in [5.41, 5.74) is -0.00605. The minimum absolute atomic E-state index is 0.268. The molecule has 1 N–H and O–H groups in total. The highest BCUT2D eigenvalue weighted by molar-refractivity contribution is 8.01. The Morgan fingerprint density at radius 1 is 1.15 bits per heavy atom. The normalized spacial score (nSPS) is 12.7. The van der Waals surface area contributed by atoms with E-state index in [2.05, 4.69) is 9.71 Å². The van der Waals surface area contributed by atoms with Crippen LogP contribution in [0.1, 0.15) is 19.4 Å². The van der Waals surface area contributed by atoms with Crippen molar-refractivity contribution in [3.63, 3.8) is 0 Å². The molecule has 0 saturated carbocycles. The summed E-state index contributed by atoms with van der Waals surface area (Å²) in [4.78, 5) is 4.02. The highest BCUT2D eigenvalue weighted by Crippen LogP contribution is 2.34. The number of hydrogen-bond acceptors (Lipinski definition) is 5. The second kappa shape index (κ2) is 7.33. The summed E-state index contributed by atoms with van der Waals surface area (Å²) in [6.07, 6.45) is -4.61. The van der Waals surface area contributed by atoms with Crippen molar-refractivity contribution in [3.05, 3.63) is 48.0 Å². The monoisotopic (exact) mass is 432 g/mol. The summed E-state index contributed by atoms with van der Waals surface area (Å²) in [7, 11) is -4.15. The molecule has 4 nitrogen and oxygen atoms in total. The summed E-state index contributed by atoms with van der Waals surface area (Å²) >= 11 is 3.04. The first-order chi connectivity index (χ1) is 12.5. The Balaban J connectivity index is 1.89. The van der Waals surface area contributed by atoms with Gasteiger partial charge in [-0.1, -0.05) is 31.7 Å². The predicted molar refractivity (Wildman–Crippen MR) is 103 cm³/mol. The molecule has 3 aromatic rings. The number of alkyl halides is 3. The SMILES string of the molecule is CC(C)Sc1nc2ccc(NS(=O)(=O)c3cccc(C(F)(F)F)c3)cc2s1. The maximum atomic E-state index is 12.8. The largest absolute Gasteiger partial charge is 0.416 e. The molecule has 0 spiro atoms. The zero-order valence-electron chi connectivity index (χ0n) is 14.2. The van der Waals surface area contributed by atoms with Crippen LogP contribution in [0.3, 0.4) is 0 Å². The number of thiazole rings is 1. The van der Waals surface area contributed by atoms with Gasteiger partial charge >= 0.3 is 6.18 Å². The van der Waals surface area contributed by atoms with E-state index in [1.54, 1.807) is 23.9 Å². The van der Waals surface area contributed by atoms with Crippen LogP contribution in [0.5, 0.6) is 0 Å². The number of rotatable bonds is 5. The van der Waals surface area contributed by atoms with Crippen molar-refractivity contribution >= 4 is 49.0 Å². The lowest BCUT2D eigenvalue weighted by Gasteiger charge is -2.11. The van der Waals surface area contributed by atoms with E-state index in [0.717, 1.165) is 32.8 Å². The summed E-state index contributed by atoms with van der Waals surface area (Å²) in [6.45, 7) is 4.09. The van der Waals surface area contributed by atoms with Gasteiger partial charge in [-0.25, -0.2) is 13.4 Å². The minimum atomic E-state index is -4.61. The van der Waals surface area contributed by atoms with E-state index >= 15 is 0 Å². The molecule has 1 aromatic heterocycles. The zero-order valence-corrected chi connectivity index (χ0v) is 16.7. The zero-order chi connectivity index (χ0) is 19.8. The van der Waals surface area contributed by atoms with Crippen molar-refractivity contribution in [1.29, 1.82) is 0 Å². The second-order valence-electron chi connectivity index (χ2n) is 5.96. The van der Waals surface area contributed by atoms with Gasteiger partial charge in [0.2, 0.25) is 0 Å². The predicted octanol–water partition coefficient (Wildman–Crippen LogP) is 5.62. The smallest absolute Gasteiger partial charge is 0.280 e. The van der Waals surface area contributed by atoms with E-state index < -0.39 is 26.7 Å². The summed E-state index contributed by atoms with van der Waals surface area (Å²) < 4.78 is 67.4. The molecule has 27 heavy (non-hydrogen) atoms. The molecule has 2 aromatic carbocycles. The number of aromatic nitrogens is 1. The summed E-state index contributed by atoms with van der Waals surface area (Å²) in [5.74, 6) is 0. The van der Waals surface area contributed by atoms with Gasteiger partial charge in [0.05, 0.1) is 26.4 Å². The van der Waals surface area contributed by atoms with Crippen LogP contribution in [0, 0.1) is 0 Å². The summed E-state index contributed by atoms with van der Waals surface area (Å²) in [5, 5.41) is 0.365. The lowest BCUT2D eigenvalue weighted by Crippen LogP contribution is -2.14. The maximum absolute atomic E-state index is 12.8. The van der Waals surface area contributed by atoms with Gasteiger partial charge in [-0.15, -0.1) is 11.3 Å². The van der Waals surface area contributed by atoms with Gasteiger partial charge < -0.3 is 0 Å². The molecular weight excluding hydrogens is 417 g/mol. The molecule has 0 aliphatic heterocycles. The van der Waals surface area contributed by atoms with Gasteiger partial charge in [-0.3, -0.25) is 4.72 Å². The highest BCUT2D eigenvalue weighted by Gasteiger charge is 2.31. The lowest BCUT2D eigenvalue weighted by atomic mass is 10.2. The Morgan fingerprint density at radius 2 is 1.89 bits per heavy atom. The number of nitrogens with one attached hydrogen (secondary N) is 1.